The fraction of sp³-hybridized carbons (Fsp3) is 0.529. The Morgan fingerprint density at radius 1 is 1.12 bits per heavy atom. The summed E-state index contributed by atoms with van der Waals surface area (Å²) in [7, 11) is 0. The molecule has 0 heterocycles. The molecule has 136 valence electrons. The summed E-state index contributed by atoms with van der Waals surface area (Å²) in [5.74, 6) is 0.0435. The van der Waals surface area contributed by atoms with Crippen molar-refractivity contribution in [3.63, 3.8) is 0 Å². The molecule has 3 amide bonds. The topological polar surface area (TPSA) is 96.2 Å². The highest BCUT2D eigenvalue weighted by Crippen LogP contribution is 2.16. The summed E-state index contributed by atoms with van der Waals surface area (Å²) in [6, 6.07) is 6.54. The minimum atomic E-state index is -0.453. The highest BCUT2D eigenvalue weighted by Gasteiger charge is 2.28. The third-order valence-corrected chi connectivity index (χ3v) is 3.92. The van der Waals surface area contributed by atoms with Crippen LogP contribution in [-0.2, 0) is 0 Å². The second-order valence-electron chi connectivity index (χ2n) is 6.56. The fourth-order valence-electron chi connectivity index (χ4n) is 1.90. The first-order chi connectivity index (χ1) is 10.7. The van der Waals surface area contributed by atoms with Crippen molar-refractivity contribution in [2.45, 2.75) is 46.2 Å². The highest BCUT2D eigenvalue weighted by molar-refractivity contribution is 5.96. The summed E-state index contributed by atoms with van der Waals surface area (Å²) in [6.45, 7) is 10.1. The van der Waals surface area contributed by atoms with Crippen molar-refractivity contribution >= 4 is 30.0 Å². The van der Waals surface area contributed by atoms with Crippen molar-refractivity contribution in [2.24, 2.45) is 11.7 Å². The molecule has 24 heavy (non-hydrogen) atoms. The second kappa shape index (κ2) is 9.49. The van der Waals surface area contributed by atoms with Gasteiger partial charge in [-0.2, -0.15) is 0 Å². The maximum atomic E-state index is 12.3. The first kappa shape index (κ1) is 22.2. The number of carbonyl (C=O) groups excluding carboxylic acids is 2. The molecule has 0 aliphatic heterocycles. The van der Waals surface area contributed by atoms with E-state index in [1.165, 1.54) is 0 Å². The van der Waals surface area contributed by atoms with E-state index < -0.39 is 5.54 Å². The van der Waals surface area contributed by atoms with E-state index in [1.807, 2.05) is 34.6 Å². The molecule has 0 aliphatic rings. The summed E-state index contributed by atoms with van der Waals surface area (Å²) in [5.41, 5.74) is 6.49. The van der Waals surface area contributed by atoms with Gasteiger partial charge in [-0.05, 0) is 51.0 Å². The van der Waals surface area contributed by atoms with Crippen molar-refractivity contribution in [2.75, 3.05) is 11.9 Å². The largest absolute Gasteiger partial charge is 0.345 e. The molecular weight excluding hydrogens is 328 g/mol. The lowest BCUT2D eigenvalue weighted by Crippen LogP contribution is -2.55. The van der Waals surface area contributed by atoms with E-state index in [0.717, 1.165) is 0 Å². The van der Waals surface area contributed by atoms with E-state index in [2.05, 4.69) is 16.0 Å². The van der Waals surface area contributed by atoms with Crippen LogP contribution in [0.1, 0.15) is 45.0 Å². The Kier molecular flexibility index (Phi) is 8.78. The molecule has 1 unspecified atom stereocenters. The number of nitrogens with two attached hydrogens (primary N) is 1. The molecule has 0 aliphatic carbocycles. The average molecular weight is 357 g/mol. The Labute approximate surface area is 150 Å². The van der Waals surface area contributed by atoms with Gasteiger partial charge in [0.15, 0.2) is 0 Å². The SMILES string of the molecule is CC(C)NC(=O)Nc1ccc(C(=O)NC(C)(CN)C(C)C)cc1.Cl. The minimum Gasteiger partial charge on any atom is -0.345 e. The van der Waals surface area contributed by atoms with Crippen LogP contribution in [0.15, 0.2) is 24.3 Å². The molecule has 7 heteroatoms. The predicted molar refractivity (Wildman–Crippen MR) is 101 cm³/mol. The Morgan fingerprint density at radius 3 is 2.08 bits per heavy atom. The number of carbonyl (C=O) groups is 2. The lowest BCUT2D eigenvalue weighted by atomic mass is 9.88. The van der Waals surface area contributed by atoms with E-state index in [1.54, 1.807) is 24.3 Å². The van der Waals surface area contributed by atoms with E-state index >= 15 is 0 Å². The minimum absolute atomic E-state index is 0. The third-order valence-electron chi connectivity index (χ3n) is 3.92. The van der Waals surface area contributed by atoms with E-state index in [4.69, 9.17) is 5.73 Å². The maximum Gasteiger partial charge on any atom is 0.319 e. The van der Waals surface area contributed by atoms with Gasteiger partial charge >= 0.3 is 6.03 Å². The van der Waals surface area contributed by atoms with E-state index in [9.17, 15) is 9.59 Å². The number of hydrogen-bond donors (Lipinski definition) is 4. The second-order valence-corrected chi connectivity index (χ2v) is 6.56. The fourth-order valence-corrected chi connectivity index (χ4v) is 1.90. The van der Waals surface area contributed by atoms with Gasteiger partial charge in [-0.15, -0.1) is 12.4 Å². The number of hydrogen-bond acceptors (Lipinski definition) is 3. The van der Waals surface area contributed by atoms with Crippen LogP contribution >= 0.6 is 12.4 Å². The van der Waals surface area contributed by atoms with Crippen LogP contribution in [0.4, 0.5) is 10.5 Å². The molecule has 0 aromatic heterocycles. The maximum absolute atomic E-state index is 12.3. The normalized spacial score (nSPS) is 13.0. The monoisotopic (exact) mass is 356 g/mol. The molecule has 1 aromatic carbocycles. The van der Waals surface area contributed by atoms with Crippen molar-refractivity contribution in [1.29, 1.82) is 0 Å². The van der Waals surface area contributed by atoms with E-state index in [0.29, 0.717) is 17.8 Å². The van der Waals surface area contributed by atoms with Crippen molar-refractivity contribution in [1.82, 2.24) is 10.6 Å². The zero-order valence-electron chi connectivity index (χ0n) is 15.0. The summed E-state index contributed by atoms with van der Waals surface area (Å²) in [4.78, 5) is 24.0. The first-order valence-electron chi connectivity index (χ1n) is 7.88. The third kappa shape index (κ3) is 6.37. The zero-order chi connectivity index (χ0) is 17.6. The van der Waals surface area contributed by atoms with Gasteiger partial charge in [-0.25, -0.2) is 4.79 Å². The standard InChI is InChI=1S/C17H28N4O2.ClH/c1-11(2)17(5,10-18)21-15(22)13-6-8-14(9-7-13)20-16(23)19-12(3)4;/h6-9,11-12H,10,18H2,1-5H3,(H,21,22)(H2,19,20,23);1H. The molecule has 1 aromatic rings. The van der Waals surface area contributed by atoms with Crippen LogP contribution in [-0.4, -0.2) is 30.1 Å². The molecule has 0 saturated heterocycles. The molecule has 1 rings (SSSR count). The van der Waals surface area contributed by atoms with Crippen LogP contribution in [0.25, 0.3) is 0 Å². The van der Waals surface area contributed by atoms with Crippen molar-refractivity contribution < 1.29 is 9.59 Å². The number of halogens is 1. The molecule has 6 nitrogen and oxygen atoms in total. The number of amides is 3. The summed E-state index contributed by atoms with van der Waals surface area (Å²) in [5, 5.41) is 8.43. The molecule has 0 radical (unpaired) electrons. The predicted octanol–water partition coefficient (Wildman–Crippen LogP) is 2.74. The number of anilines is 1. The zero-order valence-corrected chi connectivity index (χ0v) is 15.8. The first-order valence-corrected chi connectivity index (χ1v) is 7.88. The number of benzene rings is 1. The van der Waals surface area contributed by atoms with Crippen LogP contribution in [0.2, 0.25) is 0 Å². The lowest BCUT2D eigenvalue weighted by Gasteiger charge is -2.33. The average Bonchev–Trinajstić information content (AvgIpc) is 2.46. The van der Waals surface area contributed by atoms with Gasteiger partial charge in [0.25, 0.3) is 5.91 Å². The van der Waals surface area contributed by atoms with Gasteiger partial charge in [0.1, 0.15) is 0 Å². The van der Waals surface area contributed by atoms with Crippen molar-refractivity contribution in [3.05, 3.63) is 29.8 Å². The molecule has 0 saturated carbocycles. The Hall–Kier alpha value is -1.79. The van der Waals surface area contributed by atoms with Crippen LogP contribution < -0.4 is 21.7 Å². The number of urea groups is 1. The van der Waals surface area contributed by atoms with E-state index in [-0.39, 0.29) is 36.3 Å². The van der Waals surface area contributed by atoms with Gasteiger partial charge in [-0.1, -0.05) is 13.8 Å². The van der Waals surface area contributed by atoms with Gasteiger partial charge in [0, 0.05) is 23.8 Å². The lowest BCUT2D eigenvalue weighted by molar-refractivity contribution is 0.0883. The number of rotatable bonds is 6. The van der Waals surface area contributed by atoms with Gasteiger partial charge in [0.2, 0.25) is 0 Å². The van der Waals surface area contributed by atoms with Crippen LogP contribution in [0, 0.1) is 5.92 Å². The van der Waals surface area contributed by atoms with Crippen LogP contribution in [0.5, 0.6) is 0 Å². The Morgan fingerprint density at radius 2 is 1.67 bits per heavy atom. The molecule has 5 N–H and O–H groups in total. The molecule has 0 bridgehead atoms. The number of nitrogens with one attached hydrogen (secondary N) is 3. The summed E-state index contributed by atoms with van der Waals surface area (Å²) < 4.78 is 0. The van der Waals surface area contributed by atoms with Crippen molar-refractivity contribution in [3.8, 4) is 0 Å². The van der Waals surface area contributed by atoms with Gasteiger partial charge < -0.3 is 21.7 Å². The Bertz CT molecular complexity index is 546. The van der Waals surface area contributed by atoms with Gasteiger partial charge in [0.05, 0.1) is 5.54 Å². The van der Waals surface area contributed by atoms with Gasteiger partial charge in [-0.3, -0.25) is 4.79 Å². The molecule has 0 fully saturated rings. The molecule has 1 atom stereocenters. The molecule has 0 spiro atoms. The van der Waals surface area contributed by atoms with Crippen LogP contribution in [0.3, 0.4) is 0 Å². The Balaban J connectivity index is 0.00000529. The highest BCUT2D eigenvalue weighted by atomic mass is 35.5. The smallest absolute Gasteiger partial charge is 0.319 e. The summed E-state index contributed by atoms with van der Waals surface area (Å²) in [6.07, 6.45) is 0. The summed E-state index contributed by atoms with van der Waals surface area (Å²) >= 11 is 0. The quantitative estimate of drug-likeness (QED) is 0.631. The molecular formula is C17H29ClN4O2.